The van der Waals surface area contributed by atoms with Crippen LogP contribution in [0.4, 0.5) is 5.69 Å². The fourth-order valence-corrected chi connectivity index (χ4v) is 2.77. The van der Waals surface area contributed by atoms with Crippen molar-refractivity contribution in [2.75, 3.05) is 11.6 Å². The predicted octanol–water partition coefficient (Wildman–Crippen LogP) is 2.39. The Morgan fingerprint density at radius 3 is 2.89 bits per heavy atom. The number of nitrogens with zero attached hydrogens (tertiary/aromatic N) is 2. The summed E-state index contributed by atoms with van der Waals surface area (Å²) >= 11 is 6.78. The van der Waals surface area contributed by atoms with Crippen molar-refractivity contribution in [3.05, 3.63) is 42.0 Å². The zero-order chi connectivity index (χ0) is 13.8. The first kappa shape index (κ1) is 13.9. The van der Waals surface area contributed by atoms with Crippen molar-refractivity contribution in [3.8, 4) is 0 Å². The van der Waals surface area contributed by atoms with Gasteiger partial charge >= 0.3 is 0 Å². The molecule has 1 aromatic heterocycles. The molecule has 100 valence electrons. The molecule has 0 fully saturated rings. The Morgan fingerprint density at radius 2 is 2.32 bits per heavy atom. The van der Waals surface area contributed by atoms with E-state index >= 15 is 0 Å². The molecule has 0 atom stereocenters. The average Bonchev–Trinajstić information content (AvgIpc) is 2.81. The molecule has 0 aliphatic heterocycles. The van der Waals surface area contributed by atoms with Crippen LogP contribution in [0.2, 0.25) is 0 Å². The lowest BCUT2D eigenvalue weighted by Crippen LogP contribution is -2.15. The van der Waals surface area contributed by atoms with Gasteiger partial charge in [0, 0.05) is 35.6 Å². The number of imidazole rings is 1. The SMILES string of the molecule is CSc1cccc(NCc2nccn2C)c1C(N)=S. The van der Waals surface area contributed by atoms with E-state index in [9.17, 15) is 0 Å². The second-order valence-electron chi connectivity index (χ2n) is 4.06. The first-order valence-corrected chi connectivity index (χ1v) is 7.43. The maximum absolute atomic E-state index is 5.83. The Bertz CT molecular complexity index is 592. The largest absolute Gasteiger partial charge is 0.389 e. The van der Waals surface area contributed by atoms with E-state index in [1.165, 1.54) is 0 Å². The van der Waals surface area contributed by atoms with Crippen LogP contribution in [-0.4, -0.2) is 20.8 Å². The van der Waals surface area contributed by atoms with Crippen LogP contribution in [0.5, 0.6) is 0 Å². The van der Waals surface area contributed by atoms with Gasteiger partial charge in [-0.1, -0.05) is 18.3 Å². The third-order valence-electron chi connectivity index (χ3n) is 2.85. The van der Waals surface area contributed by atoms with Crippen LogP contribution >= 0.6 is 24.0 Å². The topological polar surface area (TPSA) is 55.9 Å². The van der Waals surface area contributed by atoms with Crippen molar-refractivity contribution in [3.63, 3.8) is 0 Å². The van der Waals surface area contributed by atoms with Gasteiger partial charge in [-0.2, -0.15) is 0 Å². The summed E-state index contributed by atoms with van der Waals surface area (Å²) in [4.78, 5) is 5.77. The number of thiocarbonyl (C=S) groups is 1. The van der Waals surface area contributed by atoms with Crippen molar-refractivity contribution in [1.29, 1.82) is 0 Å². The number of aromatic nitrogens is 2. The smallest absolute Gasteiger partial charge is 0.127 e. The number of nitrogens with one attached hydrogen (secondary N) is 1. The highest BCUT2D eigenvalue weighted by molar-refractivity contribution is 7.98. The van der Waals surface area contributed by atoms with Gasteiger partial charge in [0.2, 0.25) is 0 Å². The highest BCUT2D eigenvalue weighted by atomic mass is 32.2. The number of nitrogens with two attached hydrogens (primary N) is 1. The van der Waals surface area contributed by atoms with E-state index in [1.807, 2.05) is 42.3 Å². The maximum Gasteiger partial charge on any atom is 0.127 e. The molecule has 0 saturated carbocycles. The number of aryl methyl sites for hydroxylation is 1. The number of thioether (sulfide) groups is 1. The maximum atomic E-state index is 5.83. The number of anilines is 1. The molecule has 6 heteroatoms. The van der Waals surface area contributed by atoms with Gasteiger partial charge in [0.05, 0.1) is 6.54 Å². The van der Waals surface area contributed by atoms with Gasteiger partial charge in [-0.25, -0.2) is 4.98 Å². The lowest BCUT2D eigenvalue weighted by Gasteiger charge is -2.14. The van der Waals surface area contributed by atoms with Crippen molar-refractivity contribution in [2.45, 2.75) is 11.4 Å². The van der Waals surface area contributed by atoms with Crippen molar-refractivity contribution >= 4 is 34.7 Å². The van der Waals surface area contributed by atoms with Gasteiger partial charge in [-0.15, -0.1) is 11.8 Å². The van der Waals surface area contributed by atoms with Crippen molar-refractivity contribution in [2.24, 2.45) is 12.8 Å². The first-order valence-electron chi connectivity index (χ1n) is 5.80. The molecule has 2 aromatic rings. The Hall–Kier alpha value is -1.53. The summed E-state index contributed by atoms with van der Waals surface area (Å²) in [5.41, 5.74) is 7.68. The van der Waals surface area contributed by atoms with Crippen LogP contribution in [-0.2, 0) is 13.6 Å². The standard InChI is InChI=1S/C13H16N4S2/c1-17-7-6-15-11(17)8-16-9-4-3-5-10(19-2)12(9)13(14)18/h3-7,16H,8H2,1-2H3,(H2,14,18). The molecule has 4 nitrogen and oxygen atoms in total. The molecule has 0 radical (unpaired) electrons. The average molecular weight is 292 g/mol. The third kappa shape index (κ3) is 3.08. The van der Waals surface area contributed by atoms with Crippen LogP contribution in [0.15, 0.2) is 35.5 Å². The number of rotatable bonds is 5. The van der Waals surface area contributed by atoms with Crippen molar-refractivity contribution < 1.29 is 0 Å². The summed E-state index contributed by atoms with van der Waals surface area (Å²) in [6.45, 7) is 0.636. The van der Waals surface area contributed by atoms with Crippen molar-refractivity contribution in [1.82, 2.24) is 9.55 Å². The van der Waals surface area contributed by atoms with E-state index in [-0.39, 0.29) is 0 Å². The van der Waals surface area contributed by atoms with E-state index in [0.717, 1.165) is 22.0 Å². The van der Waals surface area contributed by atoms with Crippen LogP contribution in [0, 0.1) is 0 Å². The van der Waals surface area contributed by atoms with E-state index in [4.69, 9.17) is 18.0 Å². The summed E-state index contributed by atoms with van der Waals surface area (Å²) in [6.07, 6.45) is 5.72. The molecule has 0 aliphatic rings. The minimum atomic E-state index is 0.410. The molecule has 3 N–H and O–H groups in total. The zero-order valence-corrected chi connectivity index (χ0v) is 12.5. The molecule has 1 aromatic carbocycles. The van der Waals surface area contributed by atoms with Crippen LogP contribution in [0.3, 0.4) is 0 Å². The highest BCUT2D eigenvalue weighted by Crippen LogP contribution is 2.27. The fraction of sp³-hybridized carbons (Fsp3) is 0.231. The lowest BCUT2D eigenvalue weighted by molar-refractivity contribution is 0.812. The normalized spacial score (nSPS) is 10.4. The van der Waals surface area contributed by atoms with Crippen LogP contribution in [0.25, 0.3) is 0 Å². The molecule has 0 spiro atoms. The molecule has 0 amide bonds. The minimum Gasteiger partial charge on any atom is -0.389 e. The Morgan fingerprint density at radius 1 is 1.53 bits per heavy atom. The highest BCUT2D eigenvalue weighted by Gasteiger charge is 2.10. The lowest BCUT2D eigenvalue weighted by atomic mass is 10.1. The van der Waals surface area contributed by atoms with Crippen LogP contribution in [0.1, 0.15) is 11.4 Å². The molecular weight excluding hydrogens is 276 g/mol. The van der Waals surface area contributed by atoms with Crippen LogP contribution < -0.4 is 11.1 Å². The quantitative estimate of drug-likeness (QED) is 0.654. The van der Waals surface area contributed by atoms with Gasteiger partial charge in [-0.3, -0.25) is 0 Å². The minimum absolute atomic E-state index is 0.410. The van der Waals surface area contributed by atoms with Gasteiger partial charge in [0.15, 0.2) is 0 Å². The Balaban J connectivity index is 2.25. The van der Waals surface area contributed by atoms with E-state index in [2.05, 4.69) is 10.3 Å². The second kappa shape index (κ2) is 6.08. The zero-order valence-electron chi connectivity index (χ0n) is 10.9. The molecule has 0 saturated heterocycles. The molecule has 0 unspecified atom stereocenters. The summed E-state index contributed by atoms with van der Waals surface area (Å²) < 4.78 is 1.98. The summed E-state index contributed by atoms with van der Waals surface area (Å²) in [5.74, 6) is 0.962. The van der Waals surface area contributed by atoms with E-state index < -0.39 is 0 Å². The van der Waals surface area contributed by atoms with Gasteiger partial charge in [0.1, 0.15) is 10.8 Å². The number of benzene rings is 1. The summed E-state index contributed by atoms with van der Waals surface area (Å²) in [6, 6.07) is 6.00. The van der Waals surface area contributed by atoms with Gasteiger partial charge < -0.3 is 15.6 Å². The first-order chi connectivity index (χ1) is 9.13. The van der Waals surface area contributed by atoms with E-state index in [0.29, 0.717) is 11.5 Å². The van der Waals surface area contributed by atoms with Gasteiger partial charge in [0.25, 0.3) is 0 Å². The molecule has 19 heavy (non-hydrogen) atoms. The monoisotopic (exact) mass is 292 g/mol. The molecule has 2 rings (SSSR count). The number of hydrogen-bond donors (Lipinski definition) is 2. The third-order valence-corrected chi connectivity index (χ3v) is 3.83. The Kier molecular flexibility index (Phi) is 4.44. The molecular formula is C13H16N4S2. The summed E-state index contributed by atoms with van der Waals surface area (Å²) in [7, 11) is 1.97. The molecule has 0 aliphatic carbocycles. The van der Waals surface area contributed by atoms with Gasteiger partial charge in [-0.05, 0) is 18.4 Å². The predicted molar refractivity (Wildman–Crippen MR) is 84.6 cm³/mol. The second-order valence-corrected chi connectivity index (χ2v) is 5.34. The molecule has 1 heterocycles. The Labute approximate surface area is 122 Å². The summed E-state index contributed by atoms with van der Waals surface area (Å²) in [5, 5.41) is 3.35. The van der Waals surface area contributed by atoms with E-state index in [1.54, 1.807) is 18.0 Å². The fourth-order valence-electron chi connectivity index (χ4n) is 1.84. The number of hydrogen-bond acceptors (Lipinski definition) is 4. The molecule has 0 bridgehead atoms.